The second kappa shape index (κ2) is 7.60. The Morgan fingerprint density at radius 1 is 1.19 bits per heavy atom. The molecule has 27 heavy (non-hydrogen) atoms. The fraction of sp³-hybridized carbons (Fsp3) is 0.286. The Morgan fingerprint density at radius 2 is 2.04 bits per heavy atom. The van der Waals surface area contributed by atoms with Crippen molar-refractivity contribution in [1.82, 2.24) is 15.1 Å². The predicted octanol–water partition coefficient (Wildman–Crippen LogP) is 3.43. The standard InChI is InChI=1S/C21H20N4O2/c1-15-23-24-21(27-15)20-12-17-6-2-3-7-18(17)14-25(20)9-10-26-19-8-4-5-16(11-19)13-22/h2-8,11,20H,9-10,12,14H2,1H3/t20-/m1/s1. The fourth-order valence-electron chi connectivity index (χ4n) is 3.44. The van der Waals surface area contributed by atoms with Crippen molar-refractivity contribution in [3.05, 3.63) is 77.0 Å². The summed E-state index contributed by atoms with van der Waals surface area (Å²) in [5.41, 5.74) is 3.23. The average Bonchev–Trinajstić information content (AvgIpc) is 3.14. The van der Waals surface area contributed by atoms with E-state index in [0.29, 0.717) is 29.7 Å². The summed E-state index contributed by atoms with van der Waals surface area (Å²) in [6.45, 7) is 3.85. The van der Waals surface area contributed by atoms with Gasteiger partial charge < -0.3 is 9.15 Å². The lowest BCUT2D eigenvalue weighted by Crippen LogP contribution is -2.37. The molecule has 0 saturated heterocycles. The van der Waals surface area contributed by atoms with Gasteiger partial charge in [0.05, 0.1) is 17.7 Å². The van der Waals surface area contributed by atoms with E-state index >= 15 is 0 Å². The summed E-state index contributed by atoms with van der Waals surface area (Å²) in [6, 6.07) is 17.8. The Hall–Kier alpha value is -3.17. The van der Waals surface area contributed by atoms with Crippen LogP contribution in [-0.4, -0.2) is 28.2 Å². The Balaban J connectivity index is 1.49. The van der Waals surface area contributed by atoms with Gasteiger partial charge in [-0.25, -0.2) is 0 Å². The minimum Gasteiger partial charge on any atom is -0.492 e. The Bertz CT molecular complexity index is 976. The highest BCUT2D eigenvalue weighted by molar-refractivity contribution is 5.36. The normalized spacial score (nSPS) is 16.5. The van der Waals surface area contributed by atoms with Gasteiger partial charge in [0.1, 0.15) is 12.4 Å². The zero-order chi connectivity index (χ0) is 18.6. The molecule has 1 aliphatic rings. The van der Waals surface area contributed by atoms with Crippen LogP contribution in [-0.2, 0) is 13.0 Å². The molecule has 0 aliphatic carbocycles. The van der Waals surface area contributed by atoms with Gasteiger partial charge in [0, 0.05) is 20.0 Å². The Morgan fingerprint density at radius 3 is 2.81 bits per heavy atom. The summed E-state index contributed by atoms with van der Waals surface area (Å²) in [5, 5.41) is 17.3. The van der Waals surface area contributed by atoms with Crippen molar-refractivity contribution in [1.29, 1.82) is 5.26 Å². The van der Waals surface area contributed by atoms with Crippen LogP contribution in [0.2, 0.25) is 0 Å². The molecular weight excluding hydrogens is 340 g/mol. The molecule has 0 radical (unpaired) electrons. The lowest BCUT2D eigenvalue weighted by molar-refractivity contribution is 0.121. The van der Waals surface area contributed by atoms with E-state index in [9.17, 15) is 0 Å². The molecule has 2 aromatic carbocycles. The van der Waals surface area contributed by atoms with Crippen LogP contribution in [0.5, 0.6) is 5.75 Å². The number of benzene rings is 2. The van der Waals surface area contributed by atoms with E-state index in [1.807, 2.05) is 19.1 Å². The van der Waals surface area contributed by atoms with Crippen molar-refractivity contribution < 1.29 is 9.15 Å². The summed E-state index contributed by atoms with van der Waals surface area (Å²) in [5.74, 6) is 1.93. The van der Waals surface area contributed by atoms with Crippen molar-refractivity contribution in [2.24, 2.45) is 0 Å². The molecular formula is C21H20N4O2. The molecule has 0 spiro atoms. The first-order valence-corrected chi connectivity index (χ1v) is 8.97. The molecule has 1 atom stereocenters. The van der Waals surface area contributed by atoms with Crippen LogP contribution in [0.1, 0.15) is 34.5 Å². The molecule has 6 nitrogen and oxygen atoms in total. The maximum atomic E-state index is 9.01. The highest BCUT2D eigenvalue weighted by atomic mass is 16.5. The number of hydrogen-bond acceptors (Lipinski definition) is 6. The molecule has 4 rings (SSSR count). The number of aromatic nitrogens is 2. The van der Waals surface area contributed by atoms with E-state index in [1.54, 1.807) is 12.1 Å². The predicted molar refractivity (Wildman–Crippen MR) is 99.0 cm³/mol. The second-order valence-corrected chi connectivity index (χ2v) is 6.61. The molecule has 0 fully saturated rings. The quantitative estimate of drug-likeness (QED) is 0.694. The lowest BCUT2D eigenvalue weighted by atomic mass is 9.94. The molecule has 1 aromatic heterocycles. The molecule has 0 saturated carbocycles. The minimum atomic E-state index is 0.0372. The van der Waals surface area contributed by atoms with E-state index in [0.717, 1.165) is 19.5 Å². The van der Waals surface area contributed by atoms with Crippen LogP contribution in [0.15, 0.2) is 52.9 Å². The van der Waals surface area contributed by atoms with Gasteiger partial charge in [-0.2, -0.15) is 5.26 Å². The van der Waals surface area contributed by atoms with Gasteiger partial charge in [0.25, 0.3) is 0 Å². The number of rotatable bonds is 5. The maximum Gasteiger partial charge on any atom is 0.233 e. The zero-order valence-corrected chi connectivity index (χ0v) is 15.1. The molecule has 0 N–H and O–H groups in total. The van der Waals surface area contributed by atoms with E-state index in [2.05, 4.69) is 45.4 Å². The van der Waals surface area contributed by atoms with Crippen LogP contribution >= 0.6 is 0 Å². The van der Waals surface area contributed by atoms with Gasteiger partial charge in [-0.05, 0) is 35.7 Å². The van der Waals surface area contributed by atoms with E-state index < -0.39 is 0 Å². The summed E-state index contributed by atoms with van der Waals surface area (Å²) in [4.78, 5) is 2.31. The van der Waals surface area contributed by atoms with Gasteiger partial charge in [-0.15, -0.1) is 10.2 Å². The number of aryl methyl sites for hydroxylation is 1. The number of hydrogen-bond donors (Lipinski definition) is 0. The summed E-state index contributed by atoms with van der Waals surface area (Å²) >= 11 is 0. The topological polar surface area (TPSA) is 75.2 Å². The van der Waals surface area contributed by atoms with Crippen LogP contribution in [0.3, 0.4) is 0 Å². The zero-order valence-electron chi connectivity index (χ0n) is 15.1. The lowest BCUT2D eigenvalue weighted by Gasteiger charge is -2.34. The average molecular weight is 360 g/mol. The molecule has 0 unspecified atom stereocenters. The Labute approximate surface area is 158 Å². The summed E-state index contributed by atoms with van der Waals surface area (Å²) in [6.07, 6.45) is 0.835. The van der Waals surface area contributed by atoms with Crippen molar-refractivity contribution >= 4 is 0 Å². The number of nitriles is 1. The van der Waals surface area contributed by atoms with Crippen molar-refractivity contribution in [2.75, 3.05) is 13.2 Å². The van der Waals surface area contributed by atoms with Gasteiger partial charge in [-0.3, -0.25) is 4.90 Å². The van der Waals surface area contributed by atoms with Gasteiger partial charge in [0.2, 0.25) is 11.8 Å². The van der Waals surface area contributed by atoms with Crippen LogP contribution in [0.25, 0.3) is 0 Å². The van der Waals surface area contributed by atoms with Gasteiger partial charge >= 0.3 is 0 Å². The van der Waals surface area contributed by atoms with Crippen molar-refractivity contribution in [2.45, 2.75) is 25.9 Å². The van der Waals surface area contributed by atoms with Crippen molar-refractivity contribution in [3.8, 4) is 11.8 Å². The molecule has 0 amide bonds. The third-order valence-corrected chi connectivity index (χ3v) is 4.78. The molecule has 3 aromatic rings. The van der Waals surface area contributed by atoms with E-state index in [1.165, 1.54) is 11.1 Å². The molecule has 1 aliphatic heterocycles. The van der Waals surface area contributed by atoms with Gasteiger partial charge in [-0.1, -0.05) is 30.3 Å². The summed E-state index contributed by atoms with van der Waals surface area (Å²) in [7, 11) is 0. The van der Waals surface area contributed by atoms with Crippen LogP contribution in [0, 0.1) is 18.3 Å². The van der Waals surface area contributed by atoms with E-state index in [4.69, 9.17) is 14.4 Å². The fourth-order valence-corrected chi connectivity index (χ4v) is 3.44. The minimum absolute atomic E-state index is 0.0372. The maximum absolute atomic E-state index is 9.01. The second-order valence-electron chi connectivity index (χ2n) is 6.61. The summed E-state index contributed by atoms with van der Waals surface area (Å²) < 4.78 is 11.6. The number of fused-ring (bicyclic) bond motifs is 1. The van der Waals surface area contributed by atoms with Crippen LogP contribution in [0.4, 0.5) is 0 Å². The number of ether oxygens (including phenoxy) is 1. The SMILES string of the molecule is Cc1nnc([C@H]2Cc3ccccc3CN2CCOc2cccc(C#N)c2)o1. The first kappa shape index (κ1) is 17.3. The molecule has 6 heteroatoms. The third-order valence-electron chi connectivity index (χ3n) is 4.78. The van der Waals surface area contributed by atoms with Gasteiger partial charge in [0.15, 0.2) is 0 Å². The Kier molecular flexibility index (Phi) is 4.86. The van der Waals surface area contributed by atoms with E-state index in [-0.39, 0.29) is 6.04 Å². The van der Waals surface area contributed by atoms with Crippen molar-refractivity contribution in [3.63, 3.8) is 0 Å². The molecule has 0 bridgehead atoms. The first-order chi connectivity index (χ1) is 13.2. The van der Waals surface area contributed by atoms with Crippen LogP contribution < -0.4 is 4.74 Å². The smallest absolute Gasteiger partial charge is 0.233 e. The first-order valence-electron chi connectivity index (χ1n) is 8.97. The highest BCUT2D eigenvalue weighted by Crippen LogP contribution is 2.32. The molecule has 136 valence electrons. The molecule has 2 heterocycles. The largest absolute Gasteiger partial charge is 0.492 e. The number of nitrogens with zero attached hydrogens (tertiary/aromatic N) is 4. The third kappa shape index (κ3) is 3.83. The highest BCUT2D eigenvalue weighted by Gasteiger charge is 2.30. The monoisotopic (exact) mass is 360 g/mol.